The largest absolute Gasteiger partial charge is 0.493 e. The van der Waals surface area contributed by atoms with Crippen LogP contribution in [-0.4, -0.2) is 28.0 Å². The third-order valence-corrected chi connectivity index (χ3v) is 6.21. The average molecular weight is 455 g/mol. The summed E-state index contributed by atoms with van der Waals surface area (Å²) in [7, 11) is -2.23. The average Bonchev–Trinajstić information content (AvgIpc) is 2.76. The zero-order valence-corrected chi connectivity index (χ0v) is 19.2. The topological polar surface area (TPSA) is 93.7 Å². The minimum Gasteiger partial charge on any atom is -0.493 e. The summed E-state index contributed by atoms with van der Waals surface area (Å²) < 4.78 is 38.9. The molecule has 0 atom stereocenters. The number of hydrogen-bond acceptors (Lipinski definition) is 5. The van der Waals surface area contributed by atoms with Crippen LogP contribution in [0.3, 0.4) is 0 Å². The zero-order chi connectivity index (χ0) is 23.3. The summed E-state index contributed by atoms with van der Waals surface area (Å²) >= 11 is 0. The molecule has 0 unspecified atom stereocenters. The van der Waals surface area contributed by atoms with Crippen LogP contribution in [0.2, 0.25) is 0 Å². The van der Waals surface area contributed by atoms with Crippen molar-refractivity contribution >= 4 is 27.3 Å². The lowest BCUT2D eigenvalue weighted by atomic mass is 10.1. The molecule has 0 bridgehead atoms. The van der Waals surface area contributed by atoms with Gasteiger partial charge in [-0.15, -0.1) is 0 Å². The molecule has 0 aromatic heterocycles. The Labute approximate surface area is 188 Å². The van der Waals surface area contributed by atoms with Gasteiger partial charge in [0.2, 0.25) is 0 Å². The van der Waals surface area contributed by atoms with Gasteiger partial charge in [0.1, 0.15) is 0 Å². The van der Waals surface area contributed by atoms with Crippen LogP contribution < -0.4 is 19.5 Å². The molecule has 0 heterocycles. The van der Waals surface area contributed by atoms with Crippen LogP contribution in [0.5, 0.6) is 11.5 Å². The molecule has 0 saturated heterocycles. The molecule has 0 radical (unpaired) electrons. The van der Waals surface area contributed by atoms with Crippen molar-refractivity contribution in [2.45, 2.75) is 25.7 Å². The van der Waals surface area contributed by atoms with Crippen LogP contribution in [0.1, 0.15) is 16.7 Å². The summed E-state index contributed by atoms with van der Waals surface area (Å²) in [6.07, 6.45) is 0. The lowest BCUT2D eigenvalue weighted by Crippen LogP contribution is -2.20. The van der Waals surface area contributed by atoms with Crippen LogP contribution in [0.4, 0.5) is 11.4 Å². The van der Waals surface area contributed by atoms with Gasteiger partial charge < -0.3 is 14.8 Å². The van der Waals surface area contributed by atoms with E-state index in [0.29, 0.717) is 22.9 Å². The molecule has 32 heavy (non-hydrogen) atoms. The van der Waals surface area contributed by atoms with E-state index in [1.54, 1.807) is 6.07 Å². The molecule has 3 rings (SSSR count). The molecule has 3 aromatic carbocycles. The molecular weight excluding hydrogens is 428 g/mol. The first kappa shape index (κ1) is 23.1. The Bertz CT molecular complexity index is 1200. The number of anilines is 2. The molecule has 0 fully saturated rings. The Morgan fingerprint density at radius 2 is 1.56 bits per heavy atom. The van der Waals surface area contributed by atoms with E-state index >= 15 is 0 Å². The first-order chi connectivity index (χ1) is 15.2. The van der Waals surface area contributed by atoms with Gasteiger partial charge in [-0.05, 0) is 73.9 Å². The van der Waals surface area contributed by atoms with Gasteiger partial charge in [-0.2, -0.15) is 0 Å². The first-order valence-corrected chi connectivity index (χ1v) is 11.4. The Morgan fingerprint density at radius 1 is 0.906 bits per heavy atom. The molecule has 168 valence electrons. The lowest BCUT2D eigenvalue weighted by Gasteiger charge is -2.14. The van der Waals surface area contributed by atoms with E-state index in [2.05, 4.69) is 10.0 Å². The number of methoxy groups -OCH3 is 1. The van der Waals surface area contributed by atoms with E-state index < -0.39 is 10.0 Å². The normalized spacial score (nSPS) is 11.0. The second-order valence-electron chi connectivity index (χ2n) is 7.39. The molecule has 7 nitrogen and oxygen atoms in total. The number of hydrogen-bond donors (Lipinski definition) is 2. The zero-order valence-electron chi connectivity index (χ0n) is 18.4. The summed E-state index contributed by atoms with van der Waals surface area (Å²) in [5.41, 5.74) is 3.71. The molecular formula is C24H26N2O5S. The lowest BCUT2D eigenvalue weighted by molar-refractivity contribution is -0.118. The van der Waals surface area contributed by atoms with E-state index in [4.69, 9.17) is 9.47 Å². The molecule has 8 heteroatoms. The van der Waals surface area contributed by atoms with Crippen LogP contribution in [0.15, 0.2) is 65.6 Å². The second kappa shape index (κ2) is 9.74. The monoisotopic (exact) mass is 454 g/mol. The van der Waals surface area contributed by atoms with Crippen molar-refractivity contribution < 1.29 is 22.7 Å². The molecule has 0 aliphatic carbocycles. The number of nitrogens with one attached hydrogen (secondary N) is 2. The fourth-order valence-corrected chi connectivity index (χ4v) is 4.32. The van der Waals surface area contributed by atoms with Crippen molar-refractivity contribution in [1.29, 1.82) is 0 Å². The second-order valence-corrected chi connectivity index (χ2v) is 9.07. The van der Waals surface area contributed by atoms with Crippen molar-refractivity contribution in [3.8, 4) is 11.5 Å². The Morgan fingerprint density at radius 3 is 2.19 bits per heavy atom. The minimum atomic E-state index is -3.76. The van der Waals surface area contributed by atoms with Gasteiger partial charge in [-0.1, -0.05) is 24.3 Å². The van der Waals surface area contributed by atoms with E-state index in [1.165, 1.54) is 31.4 Å². The van der Waals surface area contributed by atoms with Crippen molar-refractivity contribution in [3.05, 3.63) is 77.4 Å². The van der Waals surface area contributed by atoms with Crippen molar-refractivity contribution in [1.82, 2.24) is 0 Å². The number of aryl methyl sites for hydroxylation is 3. The predicted molar refractivity (Wildman–Crippen MR) is 125 cm³/mol. The maximum absolute atomic E-state index is 12.8. The van der Waals surface area contributed by atoms with Crippen molar-refractivity contribution in [3.63, 3.8) is 0 Å². The number of amides is 1. The quantitative estimate of drug-likeness (QED) is 0.525. The number of sulfonamides is 1. The summed E-state index contributed by atoms with van der Waals surface area (Å²) in [6, 6.07) is 16.9. The van der Waals surface area contributed by atoms with E-state index in [9.17, 15) is 13.2 Å². The van der Waals surface area contributed by atoms with E-state index in [-0.39, 0.29) is 17.4 Å². The van der Waals surface area contributed by atoms with Crippen LogP contribution in [0.25, 0.3) is 0 Å². The summed E-state index contributed by atoms with van der Waals surface area (Å²) in [6.45, 7) is 5.41. The van der Waals surface area contributed by atoms with Crippen molar-refractivity contribution in [2.24, 2.45) is 0 Å². The fraction of sp³-hybridized carbons (Fsp3) is 0.208. The number of ether oxygens (including phenoxy) is 2. The smallest absolute Gasteiger partial charge is 0.262 e. The third-order valence-electron chi connectivity index (χ3n) is 4.84. The number of carbonyl (C=O) groups is 1. The third kappa shape index (κ3) is 5.59. The van der Waals surface area contributed by atoms with Gasteiger partial charge in [-0.3, -0.25) is 9.52 Å². The number of rotatable bonds is 8. The van der Waals surface area contributed by atoms with Crippen LogP contribution >= 0.6 is 0 Å². The number of carbonyl (C=O) groups excluding carboxylic acids is 1. The SMILES string of the molecule is COc1cc(C)ccc1OCC(=O)Nc1ccc(S(=O)(=O)Nc2c(C)cccc2C)cc1. The van der Waals surface area contributed by atoms with Gasteiger partial charge in [0.05, 0.1) is 17.7 Å². The highest BCUT2D eigenvalue weighted by molar-refractivity contribution is 7.92. The maximum atomic E-state index is 12.8. The van der Waals surface area contributed by atoms with Crippen LogP contribution in [0, 0.1) is 20.8 Å². The van der Waals surface area contributed by atoms with Gasteiger partial charge in [0.25, 0.3) is 15.9 Å². The molecule has 0 aliphatic heterocycles. The molecule has 3 aromatic rings. The highest BCUT2D eigenvalue weighted by atomic mass is 32.2. The standard InChI is InChI=1S/C24H26N2O5S/c1-16-8-13-21(22(14-16)30-4)31-15-23(27)25-19-9-11-20(12-10-19)32(28,29)26-24-17(2)6-5-7-18(24)3/h5-14,26H,15H2,1-4H3,(H,25,27). The molecule has 0 saturated carbocycles. The first-order valence-electron chi connectivity index (χ1n) is 9.96. The number of para-hydroxylation sites is 1. The van der Waals surface area contributed by atoms with Crippen molar-refractivity contribution in [2.75, 3.05) is 23.8 Å². The predicted octanol–water partition coefficient (Wildman–Crippen LogP) is 4.44. The summed E-state index contributed by atoms with van der Waals surface area (Å²) in [5, 5.41) is 2.69. The van der Waals surface area contributed by atoms with Gasteiger partial charge in [0, 0.05) is 5.69 Å². The maximum Gasteiger partial charge on any atom is 0.262 e. The molecule has 0 spiro atoms. The number of benzene rings is 3. The highest BCUT2D eigenvalue weighted by Crippen LogP contribution is 2.28. The fourth-order valence-electron chi connectivity index (χ4n) is 3.12. The van der Waals surface area contributed by atoms with Crippen LogP contribution in [-0.2, 0) is 14.8 Å². The van der Waals surface area contributed by atoms with E-state index in [0.717, 1.165) is 16.7 Å². The Balaban J connectivity index is 1.63. The van der Waals surface area contributed by atoms with Gasteiger partial charge in [-0.25, -0.2) is 8.42 Å². The van der Waals surface area contributed by atoms with Gasteiger partial charge >= 0.3 is 0 Å². The summed E-state index contributed by atoms with van der Waals surface area (Å²) in [4.78, 5) is 12.3. The highest BCUT2D eigenvalue weighted by Gasteiger charge is 2.17. The Hall–Kier alpha value is -3.52. The molecule has 0 aliphatic rings. The molecule has 2 N–H and O–H groups in total. The summed E-state index contributed by atoms with van der Waals surface area (Å²) in [5.74, 6) is 0.632. The van der Waals surface area contributed by atoms with E-state index in [1.807, 2.05) is 51.1 Å². The molecule has 1 amide bonds. The minimum absolute atomic E-state index is 0.0961. The van der Waals surface area contributed by atoms with Gasteiger partial charge in [0.15, 0.2) is 18.1 Å². The Kier molecular flexibility index (Phi) is 7.05.